The normalized spacial score (nSPS) is 10.6. The summed E-state index contributed by atoms with van der Waals surface area (Å²) in [6.07, 6.45) is -2.20. The molecule has 2 nitrogen and oxygen atoms in total. The van der Waals surface area contributed by atoms with Crippen molar-refractivity contribution in [1.82, 2.24) is 4.98 Å². The summed E-state index contributed by atoms with van der Waals surface area (Å²) in [5, 5.41) is 0.0459. The highest BCUT2D eigenvalue weighted by Gasteiger charge is 2.16. The van der Waals surface area contributed by atoms with Crippen LogP contribution in [0.15, 0.2) is 6.07 Å². The number of halogens is 4. The molecule has 0 N–H and O–H groups in total. The molecule has 14 heavy (non-hydrogen) atoms. The van der Waals surface area contributed by atoms with Crippen LogP contribution < -0.4 is 0 Å². The monoisotopic (exact) mass is 283 g/mol. The Morgan fingerprint density at radius 2 is 2.29 bits per heavy atom. The van der Waals surface area contributed by atoms with Crippen molar-refractivity contribution in [2.45, 2.75) is 11.8 Å². The van der Waals surface area contributed by atoms with Crippen LogP contribution in [0.3, 0.4) is 0 Å². The van der Waals surface area contributed by atoms with Gasteiger partial charge in [-0.05, 0) is 6.07 Å². The Bertz CT molecular complexity index is 359. The van der Waals surface area contributed by atoms with Crippen molar-refractivity contribution >= 4 is 33.8 Å². The third-order valence-corrected chi connectivity index (χ3v) is 2.41. The SMILES string of the molecule is O=Cc1cc(Cl)c(C(F)F)nc1CBr. The van der Waals surface area contributed by atoms with E-state index in [0.29, 0.717) is 6.29 Å². The van der Waals surface area contributed by atoms with Gasteiger partial charge in [-0.25, -0.2) is 13.8 Å². The first-order chi connectivity index (χ1) is 6.60. The first-order valence-electron chi connectivity index (χ1n) is 3.58. The molecular weight excluding hydrogens is 279 g/mol. The van der Waals surface area contributed by atoms with Gasteiger partial charge in [0.25, 0.3) is 6.43 Å². The van der Waals surface area contributed by atoms with Gasteiger partial charge in [0.2, 0.25) is 0 Å². The van der Waals surface area contributed by atoms with Gasteiger partial charge in [0.1, 0.15) is 5.69 Å². The molecule has 0 aliphatic carbocycles. The van der Waals surface area contributed by atoms with Gasteiger partial charge in [0.05, 0.1) is 10.7 Å². The number of aromatic nitrogens is 1. The summed E-state index contributed by atoms with van der Waals surface area (Å²) >= 11 is 8.56. The van der Waals surface area contributed by atoms with Crippen LogP contribution in [-0.4, -0.2) is 11.3 Å². The van der Waals surface area contributed by atoms with Crippen LogP contribution in [0, 0.1) is 0 Å². The number of carbonyl (C=O) groups excluding carboxylic acids is 1. The van der Waals surface area contributed by atoms with Crippen molar-refractivity contribution in [2.75, 3.05) is 0 Å². The lowest BCUT2D eigenvalue weighted by Gasteiger charge is -2.06. The molecule has 0 fully saturated rings. The van der Waals surface area contributed by atoms with Crippen LogP contribution in [0.4, 0.5) is 8.78 Å². The maximum atomic E-state index is 12.3. The van der Waals surface area contributed by atoms with Gasteiger partial charge in [-0.15, -0.1) is 0 Å². The van der Waals surface area contributed by atoms with Crippen LogP contribution in [0.2, 0.25) is 5.02 Å². The molecular formula is C8H5BrClF2NO. The molecule has 1 aromatic heterocycles. The summed E-state index contributed by atoms with van der Waals surface area (Å²) in [5.74, 6) is 0. The van der Waals surface area contributed by atoms with Gasteiger partial charge in [0, 0.05) is 10.9 Å². The standard InChI is InChI=1S/C8H5BrClF2NO/c9-2-6-4(3-14)1-5(10)7(13-6)8(11)12/h1,3,8H,2H2. The molecule has 0 saturated heterocycles. The van der Waals surface area contributed by atoms with E-state index >= 15 is 0 Å². The average Bonchev–Trinajstić information content (AvgIpc) is 2.16. The van der Waals surface area contributed by atoms with E-state index in [1.807, 2.05) is 0 Å². The van der Waals surface area contributed by atoms with E-state index < -0.39 is 12.1 Å². The summed E-state index contributed by atoms with van der Waals surface area (Å²) in [6.45, 7) is 0. The zero-order valence-electron chi connectivity index (χ0n) is 6.81. The highest BCUT2D eigenvalue weighted by Crippen LogP contribution is 2.27. The summed E-state index contributed by atoms with van der Waals surface area (Å²) in [5.41, 5.74) is -0.0114. The van der Waals surface area contributed by atoms with E-state index in [4.69, 9.17) is 11.6 Å². The molecule has 1 aromatic rings. The maximum absolute atomic E-state index is 12.3. The minimum absolute atomic E-state index is 0.188. The zero-order valence-corrected chi connectivity index (χ0v) is 9.15. The third kappa shape index (κ3) is 2.27. The maximum Gasteiger partial charge on any atom is 0.281 e. The average molecular weight is 284 g/mol. The van der Waals surface area contributed by atoms with Gasteiger partial charge >= 0.3 is 0 Å². The van der Waals surface area contributed by atoms with Crippen LogP contribution >= 0.6 is 27.5 Å². The van der Waals surface area contributed by atoms with E-state index in [-0.39, 0.29) is 21.6 Å². The Balaban J connectivity index is 3.30. The smallest absolute Gasteiger partial charge is 0.281 e. The fourth-order valence-corrected chi connectivity index (χ4v) is 1.61. The van der Waals surface area contributed by atoms with Gasteiger partial charge in [-0.2, -0.15) is 0 Å². The second kappa shape index (κ2) is 4.79. The number of aldehydes is 1. The van der Waals surface area contributed by atoms with Crippen molar-refractivity contribution < 1.29 is 13.6 Å². The van der Waals surface area contributed by atoms with Crippen molar-refractivity contribution in [3.8, 4) is 0 Å². The fraction of sp³-hybridized carbons (Fsp3) is 0.250. The Hall–Kier alpha value is -0.550. The molecule has 0 saturated carbocycles. The van der Waals surface area contributed by atoms with E-state index in [1.165, 1.54) is 6.07 Å². The Labute approximate surface area is 92.4 Å². The Morgan fingerprint density at radius 1 is 1.64 bits per heavy atom. The minimum Gasteiger partial charge on any atom is -0.298 e. The molecule has 0 bridgehead atoms. The Kier molecular flexibility index (Phi) is 3.95. The van der Waals surface area contributed by atoms with Gasteiger partial charge in [0.15, 0.2) is 6.29 Å². The van der Waals surface area contributed by atoms with Crippen molar-refractivity contribution in [2.24, 2.45) is 0 Å². The van der Waals surface area contributed by atoms with Crippen LogP contribution in [-0.2, 0) is 5.33 Å². The van der Waals surface area contributed by atoms with Crippen LogP contribution in [0.25, 0.3) is 0 Å². The second-order valence-corrected chi connectivity index (χ2v) is 3.41. The third-order valence-electron chi connectivity index (χ3n) is 1.58. The molecule has 0 amide bonds. The molecule has 0 aliphatic rings. The highest BCUT2D eigenvalue weighted by atomic mass is 79.9. The largest absolute Gasteiger partial charge is 0.298 e. The molecule has 1 rings (SSSR count). The number of hydrogen-bond acceptors (Lipinski definition) is 2. The summed E-state index contributed by atoms with van der Waals surface area (Å²) in [7, 11) is 0. The number of pyridine rings is 1. The Morgan fingerprint density at radius 3 is 2.71 bits per heavy atom. The number of hydrogen-bond donors (Lipinski definition) is 0. The van der Waals surface area contributed by atoms with E-state index in [2.05, 4.69) is 20.9 Å². The van der Waals surface area contributed by atoms with Gasteiger partial charge in [-0.3, -0.25) is 4.79 Å². The minimum atomic E-state index is -2.74. The predicted molar refractivity (Wildman–Crippen MR) is 52.2 cm³/mol. The first kappa shape index (κ1) is 11.5. The van der Waals surface area contributed by atoms with Crippen LogP contribution in [0.1, 0.15) is 28.2 Å². The highest BCUT2D eigenvalue weighted by molar-refractivity contribution is 9.08. The molecule has 0 aromatic carbocycles. The summed E-state index contributed by atoms with van der Waals surface area (Å²) < 4.78 is 24.7. The summed E-state index contributed by atoms with van der Waals surface area (Å²) in [4.78, 5) is 14.1. The lowest BCUT2D eigenvalue weighted by atomic mass is 10.2. The molecule has 6 heteroatoms. The number of nitrogens with zero attached hydrogens (tertiary/aromatic N) is 1. The van der Waals surface area contributed by atoms with E-state index in [0.717, 1.165) is 0 Å². The molecule has 0 radical (unpaired) electrons. The lowest BCUT2D eigenvalue weighted by Crippen LogP contribution is -2.00. The van der Waals surface area contributed by atoms with Crippen molar-refractivity contribution in [1.29, 1.82) is 0 Å². The van der Waals surface area contributed by atoms with Gasteiger partial charge < -0.3 is 0 Å². The number of alkyl halides is 3. The van der Waals surface area contributed by atoms with E-state index in [1.54, 1.807) is 0 Å². The van der Waals surface area contributed by atoms with Crippen molar-refractivity contribution in [3.63, 3.8) is 0 Å². The van der Waals surface area contributed by atoms with Crippen LogP contribution in [0.5, 0.6) is 0 Å². The second-order valence-electron chi connectivity index (χ2n) is 2.44. The molecule has 0 aliphatic heterocycles. The van der Waals surface area contributed by atoms with E-state index in [9.17, 15) is 13.6 Å². The lowest BCUT2D eigenvalue weighted by molar-refractivity contribution is 0.112. The zero-order chi connectivity index (χ0) is 10.7. The molecule has 76 valence electrons. The predicted octanol–water partition coefficient (Wildman–Crippen LogP) is 3.38. The topological polar surface area (TPSA) is 30.0 Å². The summed E-state index contributed by atoms with van der Waals surface area (Å²) in [6, 6.07) is 1.19. The number of carbonyl (C=O) groups is 1. The van der Waals surface area contributed by atoms with Gasteiger partial charge in [-0.1, -0.05) is 27.5 Å². The molecule has 1 heterocycles. The quantitative estimate of drug-likeness (QED) is 0.629. The first-order valence-corrected chi connectivity index (χ1v) is 5.08. The molecule has 0 atom stereocenters. The van der Waals surface area contributed by atoms with Crippen molar-refractivity contribution in [3.05, 3.63) is 28.0 Å². The fourth-order valence-electron chi connectivity index (χ4n) is 0.919. The number of rotatable bonds is 3. The molecule has 0 spiro atoms. The molecule has 0 unspecified atom stereocenters.